The second-order valence-corrected chi connectivity index (χ2v) is 8.81. The topological polar surface area (TPSA) is 61.5 Å². The van der Waals surface area contributed by atoms with Crippen LogP contribution in [0.4, 0.5) is 0 Å². The first-order valence-electron chi connectivity index (χ1n) is 7.71. The molecule has 0 aromatic carbocycles. The molecule has 2 N–H and O–H groups in total. The molecule has 0 amide bonds. The van der Waals surface area contributed by atoms with Crippen molar-refractivity contribution >= 4 is 7.60 Å². The summed E-state index contributed by atoms with van der Waals surface area (Å²) in [7, 11) is -3.21. The van der Waals surface area contributed by atoms with E-state index in [0.717, 1.165) is 37.5 Å². The Morgan fingerprint density at radius 2 is 1.40 bits per heavy atom. The van der Waals surface area contributed by atoms with E-state index in [1.807, 2.05) is 13.8 Å². The Kier molecular flexibility index (Phi) is 4.94. The minimum Gasteiger partial charge on any atom is -1.00 e. The van der Waals surface area contributed by atoms with Gasteiger partial charge in [0.15, 0.2) is 0 Å². The van der Waals surface area contributed by atoms with Gasteiger partial charge in [0.05, 0.1) is 13.2 Å². The zero-order valence-corrected chi connectivity index (χ0v) is 14.0. The molecule has 0 saturated heterocycles. The second-order valence-electron chi connectivity index (χ2n) is 6.52. The highest BCUT2D eigenvalue weighted by Gasteiger charge is 2.64. The summed E-state index contributed by atoms with van der Waals surface area (Å²) in [6.07, 6.45) is 5.83. The minimum absolute atomic E-state index is 0. The van der Waals surface area contributed by atoms with Gasteiger partial charge in [-0.05, 0) is 69.6 Å². The fourth-order valence-electron chi connectivity index (χ4n) is 4.99. The summed E-state index contributed by atoms with van der Waals surface area (Å²) in [5.41, 5.74) is 6.73. The van der Waals surface area contributed by atoms with Gasteiger partial charge in [-0.25, -0.2) is 0 Å². The quantitative estimate of drug-likeness (QED) is 0.743. The normalized spacial score (nSPS) is 42.5. The maximum Gasteiger partial charge on any atom is 0.350 e. The number of rotatable bonds is 5. The van der Waals surface area contributed by atoms with Gasteiger partial charge in [-0.1, -0.05) is 0 Å². The molecule has 0 aliphatic heterocycles. The van der Waals surface area contributed by atoms with E-state index in [1.165, 1.54) is 6.42 Å². The Morgan fingerprint density at radius 3 is 1.75 bits per heavy atom. The van der Waals surface area contributed by atoms with Crippen molar-refractivity contribution < 1.29 is 26.0 Å². The third-order valence-corrected chi connectivity index (χ3v) is 8.39. The van der Waals surface area contributed by atoms with Crippen molar-refractivity contribution in [1.82, 2.24) is 0 Å². The summed E-state index contributed by atoms with van der Waals surface area (Å²) >= 11 is 0. The van der Waals surface area contributed by atoms with E-state index in [9.17, 15) is 4.57 Å². The van der Waals surface area contributed by atoms with Crippen LogP contribution in [0, 0.1) is 23.7 Å². The summed E-state index contributed by atoms with van der Waals surface area (Å²) in [5, 5.41) is -0.730. The summed E-state index contributed by atoms with van der Waals surface area (Å²) in [4.78, 5) is 0. The maximum absolute atomic E-state index is 13.3. The average molecular weight is 323 g/mol. The van der Waals surface area contributed by atoms with Crippen LogP contribution in [0.3, 0.4) is 0 Å². The Balaban J connectivity index is 0.00000147. The van der Waals surface area contributed by atoms with E-state index in [2.05, 4.69) is 0 Å². The van der Waals surface area contributed by atoms with Gasteiger partial charge in [0, 0.05) is 0 Å². The van der Waals surface area contributed by atoms with Crippen molar-refractivity contribution in [2.45, 2.75) is 51.2 Å². The molecule has 0 atom stereocenters. The highest BCUT2D eigenvalue weighted by Crippen LogP contribution is 2.72. The van der Waals surface area contributed by atoms with Crippen LogP contribution in [-0.2, 0) is 13.6 Å². The molecule has 0 aromatic heterocycles. The van der Waals surface area contributed by atoms with Crippen LogP contribution >= 0.6 is 7.60 Å². The van der Waals surface area contributed by atoms with Crippen LogP contribution in [-0.4, -0.2) is 18.5 Å². The Hall–Kier alpha value is 0.400. The van der Waals surface area contributed by atoms with Crippen LogP contribution in [0.1, 0.15) is 46.0 Å². The zero-order chi connectivity index (χ0) is 13.7. The van der Waals surface area contributed by atoms with E-state index < -0.39 is 12.9 Å². The third kappa shape index (κ3) is 2.28. The molecule has 118 valence electrons. The van der Waals surface area contributed by atoms with Gasteiger partial charge in [0.25, 0.3) is 0 Å². The summed E-state index contributed by atoms with van der Waals surface area (Å²) in [6, 6.07) is 0. The van der Waals surface area contributed by atoms with Crippen LogP contribution in [0.5, 0.6) is 0 Å². The molecule has 0 aromatic rings. The maximum atomic E-state index is 13.3. The Labute approximate surface area is 128 Å². The molecule has 4 aliphatic rings. The Morgan fingerprint density at radius 1 is 1.00 bits per heavy atom. The predicted octanol–water partition coefficient (Wildman–Crippen LogP) is 0.368. The molecule has 6 heteroatoms. The summed E-state index contributed by atoms with van der Waals surface area (Å²) in [6.45, 7) is 4.54. The van der Waals surface area contributed by atoms with Gasteiger partial charge in [0.1, 0.15) is 5.28 Å². The fraction of sp³-hybridized carbons (Fsp3) is 1.00. The lowest BCUT2D eigenvalue weighted by Crippen LogP contribution is -3.00. The van der Waals surface area contributed by atoms with Gasteiger partial charge < -0.3 is 27.2 Å². The predicted molar refractivity (Wildman–Crippen MR) is 74.8 cm³/mol. The monoisotopic (exact) mass is 322 g/mol. The van der Waals surface area contributed by atoms with Gasteiger partial charge in [-0.3, -0.25) is 4.57 Å². The highest BCUT2D eigenvalue weighted by atomic mass is 35.5. The van der Waals surface area contributed by atoms with Gasteiger partial charge in [0.2, 0.25) is 0 Å². The van der Waals surface area contributed by atoms with Crippen LogP contribution in [0.25, 0.3) is 0 Å². The molecule has 4 bridgehead atoms. The molecule has 0 unspecified atom stereocenters. The van der Waals surface area contributed by atoms with Crippen molar-refractivity contribution in [2.75, 3.05) is 13.2 Å². The molecule has 4 rings (SSSR count). The second kappa shape index (κ2) is 5.89. The smallest absolute Gasteiger partial charge is 0.350 e. The number of nitrogens with two attached hydrogens (primary N) is 1. The van der Waals surface area contributed by atoms with E-state index >= 15 is 0 Å². The molecule has 0 heterocycles. The molecule has 4 aliphatic carbocycles. The van der Waals surface area contributed by atoms with Crippen LogP contribution in [0.2, 0.25) is 0 Å². The molecule has 0 radical (unpaired) electrons. The number of halogens is 1. The number of hydrogen-bond donors (Lipinski definition) is 1. The highest BCUT2D eigenvalue weighted by molar-refractivity contribution is 7.55. The van der Waals surface area contributed by atoms with Gasteiger partial charge >= 0.3 is 7.60 Å². The van der Waals surface area contributed by atoms with E-state index in [1.54, 1.807) is 0 Å². The van der Waals surface area contributed by atoms with Crippen molar-refractivity contribution in [3.8, 4) is 0 Å². The van der Waals surface area contributed by atoms with E-state index in [0.29, 0.717) is 25.0 Å². The third-order valence-electron chi connectivity index (χ3n) is 5.52. The molecule has 4 saturated carbocycles. The lowest BCUT2D eigenvalue weighted by Gasteiger charge is -2.60. The SMILES string of the molecule is CCOP(=O)(OCC)C1(N)C2CC3CC(C2)CC1C3.[Cl-]. The first-order valence-corrected chi connectivity index (χ1v) is 9.25. The fourth-order valence-corrected chi connectivity index (χ4v) is 7.50. The molecule has 4 fully saturated rings. The minimum atomic E-state index is -3.21. The van der Waals surface area contributed by atoms with E-state index in [-0.39, 0.29) is 12.4 Å². The average Bonchev–Trinajstić information content (AvgIpc) is 2.35. The van der Waals surface area contributed by atoms with Gasteiger partial charge in [-0.2, -0.15) is 0 Å². The Bertz CT molecular complexity index is 366. The van der Waals surface area contributed by atoms with Crippen molar-refractivity contribution in [2.24, 2.45) is 29.4 Å². The summed E-state index contributed by atoms with van der Waals surface area (Å²) < 4.78 is 24.5. The van der Waals surface area contributed by atoms with Crippen molar-refractivity contribution in [3.63, 3.8) is 0 Å². The van der Waals surface area contributed by atoms with Gasteiger partial charge in [-0.15, -0.1) is 0 Å². The molecule has 4 nitrogen and oxygen atoms in total. The largest absolute Gasteiger partial charge is 1.00 e. The van der Waals surface area contributed by atoms with Crippen LogP contribution in [0.15, 0.2) is 0 Å². The molecular weight excluding hydrogens is 297 g/mol. The van der Waals surface area contributed by atoms with E-state index in [4.69, 9.17) is 14.8 Å². The lowest BCUT2D eigenvalue weighted by molar-refractivity contribution is -0.0328. The first kappa shape index (κ1) is 16.8. The standard InChI is InChI=1S/C14H26NO3P.ClH/c1-3-17-19(16,18-4-2)14(15)12-6-10-5-11(8-12)9-13(14)7-10;/h10-13H,3-9,15H2,1-2H3;1H/p-1. The molecule has 20 heavy (non-hydrogen) atoms. The van der Waals surface area contributed by atoms with Crippen molar-refractivity contribution in [1.29, 1.82) is 0 Å². The first-order chi connectivity index (χ1) is 9.03. The zero-order valence-electron chi connectivity index (χ0n) is 12.4. The lowest BCUT2D eigenvalue weighted by atomic mass is 9.54. The molecule has 0 spiro atoms. The molecular formula is C14H26ClNO3P-. The van der Waals surface area contributed by atoms with Crippen LogP contribution < -0.4 is 18.1 Å². The number of hydrogen-bond acceptors (Lipinski definition) is 4. The van der Waals surface area contributed by atoms with Crippen molar-refractivity contribution in [3.05, 3.63) is 0 Å². The summed E-state index contributed by atoms with van der Waals surface area (Å²) in [5.74, 6) is 2.26.